The first-order valence-electron chi connectivity index (χ1n) is 8.93. The van der Waals surface area contributed by atoms with Crippen LogP contribution in [-0.2, 0) is 4.74 Å². The molecule has 1 saturated heterocycles. The van der Waals surface area contributed by atoms with Crippen molar-refractivity contribution in [2.75, 3.05) is 36.5 Å². The van der Waals surface area contributed by atoms with Gasteiger partial charge in [0, 0.05) is 30.4 Å². The van der Waals surface area contributed by atoms with Crippen molar-refractivity contribution in [1.29, 1.82) is 0 Å². The fraction of sp³-hybridized carbons (Fsp3) is 0.286. The van der Waals surface area contributed by atoms with Crippen LogP contribution in [0.25, 0.3) is 11.0 Å². The van der Waals surface area contributed by atoms with Crippen molar-refractivity contribution < 1.29 is 9.15 Å². The van der Waals surface area contributed by atoms with Crippen molar-refractivity contribution in [2.45, 2.75) is 13.0 Å². The molecule has 1 fully saturated rings. The smallest absolute Gasteiger partial charge is 0.200 e. The van der Waals surface area contributed by atoms with Crippen LogP contribution in [0.2, 0.25) is 0 Å². The lowest BCUT2D eigenvalue weighted by molar-refractivity contribution is 0.121. The molecule has 0 saturated carbocycles. The number of anilines is 2. The van der Waals surface area contributed by atoms with Gasteiger partial charge in [-0.25, -0.2) is 0 Å². The molecule has 0 aliphatic carbocycles. The van der Waals surface area contributed by atoms with Gasteiger partial charge in [0.1, 0.15) is 5.58 Å². The lowest BCUT2D eigenvalue weighted by Gasteiger charge is -2.27. The summed E-state index contributed by atoms with van der Waals surface area (Å²) in [6, 6.07) is 17.4. The number of fused-ring (bicyclic) bond motifs is 1. The lowest BCUT2D eigenvalue weighted by atomic mass is 10.0. The molecule has 1 atom stereocenters. The lowest BCUT2D eigenvalue weighted by Crippen LogP contribution is -2.36. The van der Waals surface area contributed by atoms with Crippen LogP contribution < -0.4 is 15.6 Å². The van der Waals surface area contributed by atoms with Gasteiger partial charge >= 0.3 is 0 Å². The van der Waals surface area contributed by atoms with Gasteiger partial charge in [0.15, 0.2) is 11.3 Å². The highest BCUT2D eigenvalue weighted by Gasteiger charge is 2.18. The molecule has 1 aliphatic heterocycles. The Kier molecular flexibility index (Phi) is 4.63. The van der Waals surface area contributed by atoms with Gasteiger partial charge in [-0.2, -0.15) is 0 Å². The Morgan fingerprint density at radius 2 is 1.81 bits per heavy atom. The monoisotopic (exact) mass is 350 g/mol. The van der Waals surface area contributed by atoms with Crippen LogP contribution in [0.5, 0.6) is 0 Å². The normalized spacial score (nSPS) is 15.8. The summed E-state index contributed by atoms with van der Waals surface area (Å²) in [7, 11) is 0. The minimum absolute atomic E-state index is 0.00388. The maximum atomic E-state index is 12.6. The summed E-state index contributed by atoms with van der Waals surface area (Å²) < 4.78 is 11.6. The van der Waals surface area contributed by atoms with Gasteiger partial charge in [-0.1, -0.05) is 30.3 Å². The maximum absolute atomic E-state index is 12.6. The van der Waals surface area contributed by atoms with Crippen molar-refractivity contribution in [2.24, 2.45) is 0 Å². The second kappa shape index (κ2) is 7.22. The van der Waals surface area contributed by atoms with Crippen molar-refractivity contribution in [1.82, 2.24) is 0 Å². The fourth-order valence-electron chi connectivity index (χ4n) is 3.33. The number of nitrogens with one attached hydrogen (secondary N) is 1. The summed E-state index contributed by atoms with van der Waals surface area (Å²) >= 11 is 0. The standard InChI is InChI=1S/C21H22N2O3/c1-15(22-16-6-3-2-4-7-16)17-8-5-9-18-19(24)14-20(26-21(17)18)23-10-12-25-13-11-23/h2-9,14-15,22H,10-13H2,1H3. The molecule has 2 aromatic carbocycles. The first-order valence-corrected chi connectivity index (χ1v) is 8.93. The first-order chi connectivity index (χ1) is 12.7. The van der Waals surface area contributed by atoms with Gasteiger partial charge in [-0.3, -0.25) is 4.79 Å². The molecule has 5 nitrogen and oxygen atoms in total. The number of rotatable bonds is 4. The van der Waals surface area contributed by atoms with Gasteiger partial charge in [-0.15, -0.1) is 0 Å². The molecule has 1 unspecified atom stereocenters. The number of ether oxygens (including phenoxy) is 1. The SMILES string of the molecule is CC(Nc1ccccc1)c1cccc2c(=O)cc(N3CCOCC3)oc12. The molecule has 1 aromatic heterocycles. The number of nitrogens with zero attached hydrogens (tertiary/aromatic N) is 1. The Morgan fingerprint density at radius 1 is 1.04 bits per heavy atom. The van der Waals surface area contributed by atoms with E-state index in [-0.39, 0.29) is 11.5 Å². The third kappa shape index (κ3) is 3.30. The van der Waals surface area contributed by atoms with Gasteiger partial charge in [0.05, 0.1) is 24.6 Å². The van der Waals surface area contributed by atoms with E-state index in [0.29, 0.717) is 30.1 Å². The van der Waals surface area contributed by atoms with E-state index in [1.165, 1.54) is 0 Å². The van der Waals surface area contributed by atoms with Crippen molar-refractivity contribution in [3.8, 4) is 0 Å². The second-order valence-corrected chi connectivity index (χ2v) is 6.50. The van der Waals surface area contributed by atoms with Crippen molar-refractivity contribution >= 4 is 22.5 Å². The number of hydrogen-bond donors (Lipinski definition) is 1. The summed E-state index contributed by atoms with van der Waals surface area (Å²) in [5.41, 5.74) is 2.64. The molecule has 0 amide bonds. The zero-order valence-corrected chi connectivity index (χ0v) is 14.8. The van der Waals surface area contributed by atoms with Crippen LogP contribution in [0, 0.1) is 0 Å². The quantitative estimate of drug-likeness (QED) is 0.776. The molecule has 1 N–H and O–H groups in total. The Balaban J connectivity index is 1.74. The predicted molar refractivity (Wildman–Crippen MR) is 104 cm³/mol. The maximum Gasteiger partial charge on any atom is 0.200 e. The number of morpholine rings is 1. The van der Waals surface area contributed by atoms with E-state index in [2.05, 4.69) is 17.1 Å². The van der Waals surface area contributed by atoms with Crippen molar-refractivity contribution in [3.63, 3.8) is 0 Å². The van der Waals surface area contributed by atoms with Gasteiger partial charge in [0.2, 0.25) is 0 Å². The first kappa shape index (κ1) is 16.7. The van der Waals surface area contributed by atoms with E-state index in [0.717, 1.165) is 24.3 Å². The van der Waals surface area contributed by atoms with Gasteiger partial charge in [-0.05, 0) is 25.1 Å². The molecule has 0 spiro atoms. The van der Waals surface area contributed by atoms with Gasteiger partial charge < -0.3 is 19.4 Å². The number of benzene rings is 2. The van der Waals surface area contributed by atoms with Crippen LogP contribution in [0.3, 0.4) is 0 Å². The third-order valence-electron chi connectivity index (χ3n) is 4.72. The molecule has 1 aliphatic rings. The molecule has 0 radical (unpaired) electrons. The van der Waals surface area contributed by atoms with Crippen LogP contribution in [0.15, 0.2) is 63.8 Å². The molecular weight excluding hydrogens is 328 g/mol. The minimum Gasteiger partial charge on any atom is -0.440 e. The third-order valence-corrected chi connectivity index (χ3v) is 4.72. The van der Waals surface area contributed by atoms with Crippen LogP contribution in [0.4, 0.5) is 11.6 Å². The summed E-state index contributed by atoms with van der Waals surface area (Å²) in [5.74, 6) is 0.616. The van der Waals surface area contributed by atoms with E-state index in [9.17, 15) is 4.79 Å². The average molecular weight is 350 g/mol. The summed E-state index contributed by atoms with van der Waals surface area (Å²) in [5, 5.41) is 4.09. The van der Waals surface area contributed by atoms with Crippen LogP contribution >= 0.6 is 0 Å². The zero-order chi connectivity index (χ0) is 17.9. The van der Waals surface area contributed by atoms with Crippen LogP contribution in [0.1, 0.15) is 18.5 Å². The second-order valence-electron chi connectivity index (χ2n) is 6.50. The van der Waals surface area contributed by atoms with E-state index in [4.69, 9.17) is 9.15 Å². The van der Waals surface area contributed by atoms with Crippen LogP contribution in [-0.4, -0.2) is 26.3 Å². The molecule has 3 aromatic rings. The summed E-state index contributed by atoms with van der Waals surface area (Å²) in [6.45, 7) is 4.83. The summed E-state index contributed by atoms with van der Waals surface area (Å²) in [4.78, 5) is 14.7. The van der Waals surface area contributed by atoms with E-state index in [1.807, 2.05) is 48.5 Å². The summed E-state index contributed by atoms with van der Waals surface area (Å²) in [6.07, 6.45) is 0. The Labute approximate surface area is 152 Å². The van der Waals surface area contributed by atoms with Crippen molar-refractivity contribution in [3.05, 3.63) is 70.4 Å². The highest BCUT2D eigenvalue weighted by atomic mass is 16.5. The minimum atomic E-state index is -0.0125. The molecule has 5 heteroatoms. The Morgan fingerprint density at radius 3 is 2.58 bits per heavy atom. The fourth-order valence-corrected chi connectivity index (χ4v) is 3.33. The number of para-hydroxylation sites is 2. The number of hydrogen-bond acceptors (Lipinski definition) is 5. The van der Waals surface area contributed by atoms with E-state index in [1.54, 1.807) is 6.07 Å². The molecule has 26 heavy (non-hydrogen) atoms. The van der Waals surface area contributed by atoms with E-state index >= 15 is 0 Å². The average Bonchev–Trinajstić information content (AvgIpc) is 2.69. The topological polar surface area (TPSA) is 54.7 Å². The molecule has 4 rings (SSSR count). The zero-order valence-electron chi connectivity index (χ0n) is 14.8. The predicted octanol–water partition coefficient (Wildman–Crippen LogP) is 3.80. The highest BCUT2D eigenvalue weighted by Crippen LogP contribution is 2.28. The molecule has 2 heterocycles. The highest BCUT2D eigenvalue weighted by molar-refractivity contribution is 5.81. The molecule has 134 valence electrons. The molecular formula is C21H22N2O3. The largest absolute Gasteiger partial charge is 0.440 e. The molecule has 0 bridgehead atoms. The Bertz CT molecular complexity index is 946. The van der Waals surface area contributed by atoms with Gasteiger partial charge in [0.25, 0.3) is 0 Å². The van der Waals surface area contributed by atoms with E-state index < -0.39 is 0 Å². The Hall–Kier alpha value is -2.79.